The highest BCUT2D eigenvalue weighted by Gasteiger charge is 2.22. The van der Waals surface area contributed by atoms with E-state index < -0.39 is 14.0 Å². The van der Waals surface area contributed by atoms with Gasteiger partial charge in [-0.3, -0.25) is 9.78 Å². The van der Waals surface area contributed by atoms with Crippen molar-refractivity contribution in [3.63, 3.8) is 0 Å². The third kappa shape index (κ3) is 4.99. The van der Waals surface area contributed by atoms with Crippen molar-refractivity contribution in [2.24, 2.45) is 0 Å². The zero-order chi connectivity index (χ0) is 23.5. The van der Waals surface area contributed by atoms with Gasteiger partial charge in [0.05, 0.1) is 35.1 Å². The van der Waals surface area contributed by atoms with Gasteiger partial charge in [0.25, 0.3) is 11.9 Å². The zero-order valence-electron chi connectivity index (χ0n) is 19.1. The SMILES string of the molecule is COc1nc(OC)c(NC(=O)c2ccc(Oc3cc([Si](C)(C)C)cnc3C)o2)c(OC)n1. The molecule has 3 rings (SSSR count). The van der Waals surface area contributed by atoms with Crippen LogP contribution in [0.15, 0.2) is 28.8 Å². The molecular weight excluding hydrogens is 432 g/mol. The number of carbonyl (C=O) groups is 1. The molecule has 1 N–H and O–H groups in total. The topological polar surface area (TPSA) is 118 Å². The van der Waals surface area contributed by atoms with E-state index in [1.807, 2.05) is 19.2 Å². The quantitative estimate of drug-likeness (QED) is 0.507. The summed E-state index contributed by atoms with van der Waals surface area (Å²) in [5.41, 5.74) is 0.863. The molecule has 0 radical (unpaired) electrons. The molecule has 0 saturated heterocycles. The maximum Gasteiger partial charge on any atom is 0.322 e. The van der Waals surface area contributed by atoms with Crippen molar-refractivity contribution in [1.29, 1.82) is 0 Å². The molecule has 3 aromatic heterocycles. The van der Waals surface area contributed by atoms with Gasteiger partial charge in [-0.2, -0.15) is 9.97 Å². The maximum absolute atomic E-state index is 12.8. The number of amides is 1. The number of methoxy groups -OCH3 is 3. The minimum Gasteiger partial charge on any atom is -0.479 e. The Morgan fingerprint density at radius 2 is 1.69 bits per heavy atom. The Bertz CT molecular complexity index is 1100. The highest BCUT2D eigenvalue weighted by Crippen LogP contribution is 2.34. The van der Waals surface area contributed by atoms with Crippen LogP contribution in [0.4, 0.5) is 5.69 Å². The Hall–Kier alpha value is -3.60. The van der Waals surface area contributed by atoms with Gasteiger partial charge in [-0.1, -0.05) is 19.6 Å². The standard InChI is InChI=1S/C21H26N4O6Si/c1-12-15(10-13(11-22-12)32(5,6)7)31-16-9-8-14(30-16)18(26)23-17-19(27-2)24-21(29-4)25-20(17)28-3/h8-11H,1-7H3,(H,23,26). The summed E-state index contributed by atoms with van der Waals surface area (Å²) in [4.78, 5) is 25.3. The van der Waals surface area contributed by atoms with Crippen LogP contribution < -0.4 is 29.5 Å². The van der Waals surface area contributed by atoms with Crippen LogP contribution in [0.1, 0.15) is 16.2 Å². The van der Waals surface area contributed by atoms with Crippen molar-refractivity contribution >= 4 is 24.9 Å². The number of anilines is 1. The number of hydrogen-bond donors (Lipinski definition) is 1. The van der Waals surface area contributed by atoms with Gasteiger partial charge < -0.3 is 28.7 Å². The molecular formula is C21H26N4O6Si. The van der Waals surface area contributed by atoms with E-state index in [9.17, 15) is 4.79 Å². The molecule has 0 spiro atoms. The van der Waals surface area contributed by atoms with E-state index in [4.69, 9.17) is 23.4 Å². The molecule has 3 heterocycles. The fraction of sp³-hybridized carbons (Fsp3) is 0.333. The van der Waals surface area contributed by atoms with Crippen LogP contribution in [-0.2, 0) is 0 Å². The van der Waals surface area contributed by atoms with Gasteiger partial charge in [0.1, 0.15) is 0 Å². The average Bonchev–Trinajstić information content (AvgIpc) is 3.23. The van der Waals surface area contributed by atoms with Gasteiger partial charge in [0, 0.05) is 12.3 Å². The van der Waals surface area contributed by atoms with Gasteiger partial charge in [-0.05, 0) is 24.2 Å². The van der Waals surface area contributed by atoms with E-state index in [0.29, 0.717) is 5.75 Å². The minimum atomic E-state index is -1.57. The first-order valence-corrected chi connectivity index (χ1v) is 13.3. The molecule has 0 bridgehead atoms. The molecule has 0 unspecified atom stereocenters. The number of furan rings is 1. The normalized spacial score (nSPS) is 11.1. The number of rotatable bonds is 8. The number of pyridine rings is 1. The van der Waals surface area contributed by atoms with Crippen LogP contribution >= 0.6 is 0 Å². The molecule has 0 aliphatic rings. The van der Waals surface area contributed by atoms with E-state index in [2.05, 4.69) is 39.9 Å². The molecule has 0 fully saturated rings. The molecule has 170 valence electrons. The summed E-state index contributed by atoms with van der Waals surface area (Å²) >= 11 is 0. The Morgan fingerprint density at radius 1 is 1.03 bits per heavy atom. The van der Waals surface area contributed by atoms with Gasteiger partial charge in [-0.25, -0.2) is 0 Å². The van der Waals surface area contributed by atoms with Crippen LogP contribution in [0.3, 0.4) is 0 Å². The highest BCUT2D eigenvalue weighted by atomic mass is 28.3. The molecule has 0 aliphatic carbocycles. The summed E-state index contributed by atoms with van der Waals surface area (Å²) in [6.07, 6.45) is 1.88. The number of aryl methyl sites for hydroxylation is 1. The summed E-state index contributed by atoms with van der Waals surface area (Å²) in [6.45, 7) is 8.53. The predicted octanol–water partition coefficient (Wildman–Crippen LogP) is 3.39. The number of ether oxygens (including phenoxy) is 4. The van der Waals surface area contributed by atoms with Crippen molar-refractivity contribution < 1.29 is 28.2 Å². The average molecular weight is 459 g/mol. The van der Waals surface area contributed by atoms with Crippen molar-refractivity contribution in [2.45, 2.75) is 26.6 Å². The van der Waals surface area contributed by atoms with Crippen LogP contribution in [0.25, 0.3) is 0 Å². The third-order valence-corrected chi connectivity index (χ3v) is 6.56. The van der Waals surface area contributed by atoms with Gasteiger partial charge in [-0.15, -0.1) is 0 Å². The summed E-state index contributed by atoms with van der Waals surface area (Å²) in [6, 6.07) is 5.07. The summed E-state index contributed by atoms with van der Waals surface area (Å²) in [5, 5.41) is 3.79. The van der Waals surface area contributed by atoms with Crippen molar-refractivity contribution in [1.82, 2.24) is 15.0 Å². The van der Waals surface area contributed by atoms with Crippen molar-refractivity contribution in [3.05, 3.63) is 35.9 Å². The third-order valence-electron chi connectivity index (χ3n) is 4.55. The molecule has 3 aromatic rings. The number of nitrogens with one attached hydrogen (secondary N) is 1. The lowest BCUT2D eigenvalue weighted by Gasteiger charge is -2.17. The Balaban J connectivity index is 1.82. The zero-order valence-corrected chi connectivity index (χ0v) is 20.1. The monoisotopic (exact) mass is 458 g/mol. The number of carbonyl (C=O) groups excluding carboxylic acids is 1. The number of aromatic nitrogens is 3. The van der Waals surface area contributed by atoms with Crippen LogP contribution in [0.5, 0.6) is 29.5 Å². The van der Waals surface area contributed by atoms with E-state index in [0.717, 1.165) is 10.9 Å². The first-order chi connectivity index (χ1) is 15.2. The molecule has 0 aliphatic heterocycles. The van der Waals surface area contributed by atoms with E-state index in [-0.39, 0.29) is 35.2 Å². The second kappa shape index (κ2) is 9.26. The molecule has 1 amide bonds. The maximum atomic E-state index is 12.8. The predicted molar refractivity (Wildman–Crippen MR) is 120 cm³/mol. The van der Waals surface area contributed by atoms with Gasteiger partial charge in [0.15, 0.2) is 17.2 Å². The number of hydrogen-bond acceptors (Lipinski definition) is 9. The lowest BCUT2D eigenvalue weighted by molar-refractivity contribution is 0.0990. The smallest absolute Gasteiger partial charge is 0.322 e. The fourth-order valence-electron chi connectivity index (χ4n) is 2.70. The summed E-state index contributed by atoms with van der Waals surface area (Å²) in [5.74, 6) is 0.364. The largest absolute Gasteiger partial charge is 0.479 e. The number of nitrogens with zero attached hydrogens (tertiary/aromatic N) is 3. The van der Waals surface area contributed by atoms with Crippen molar-refractivity contribution in [3.8, 4) is 29.5 Å². The fourth-order valence-corrected chi connectivity index (χ4v) is 3.72. The molecule has 0 aromatic carbocycles. The van der Waals surface area contributed by atoms with Crippen LogP contribution in [0.2, 0.25) is 19.6 Å². The van der Waals surface area contributed by atoms with E-state index in [1.165, 1.54) is 27.4 Å². The van der Waals surface area contributed by atoms with Crippen LogP contribution in [-0.4, -0.2) is 50.3 Å². The first kappa shape index (κ1) is 23.1. The molecule has 32 heavy (non-hydrogen) atoms. The van der Waals surface area contributed by atoms with E-state index >= 15 is 0 Å². The minimum absolute atomic E-state index is 0.0203. The molecule has 11 heteroatoms. The Morgan fingerprint density at radius 3 is 2.25 bits per heavy atom. The van der Waals surface area contributed by atoms with Gasteiger partial charge in [0.2, 0.25) is 11.8 Å². The lowest BCUT2D eigenvalue weighted by atomic mass is 10.3. The molecule has 10 nitrogen and oxygen atoms in total. The first-order valence-electron chi connectivity index (χ1n) is 9.76. The summed E-state index contributed by atoms with van der Waals surface area (Å²) in [7, 11) is 2.65. The van der Waals surface area contributed by atoms with E-state index in [1.54, 1.807) is 6.07 Å². The Kier molecular flexibility index (Phi) is 6.68. The molecule has 0 saturated carbocycles. The second-order valence-corrected chi connectivity index (χ2v) is 12.9. The second-order valence-electron chi connectivity index (χ2n) is 7.84. The summed E-state index contributed by atoms with van der Waals surface area (Å²) < 4.78 is 26.9. The van der Waals surface area contributed by atoms with Crippen LogP contribution in [0, 0.1) is 6.92 Å². The van der Waals surface area contributed by atoms with Gasteiger partial charge >= 0.3 is 6.01 Å². The Labute approximate surface area is 186 Å². The molecule has 0 atom stereocenters. The highest BCUT2D eigenvalue weighted by molar-refractivity contribution is 6.88. The lowest BCUT2D eigenvalue weighted by Crippen LogP contribution is -2.37. The van der Waals surface area contributed by atoms with Crippen molar-refractivity contribution in [2.75, 3.05) is 26.6 Å².